The fourth-order valence-corrected chi connectivity index (χ4v) is 3.01. The monoisotopic (exact) mass is 172 g/mol. The topological polar surface area (TPSA) is 0 Å². The maximum atomic E-state index is 2.50. The Morgan fingerprint density at radius 2 is 2.23 bits per heavy atom. The average molecular weight is 172 g/mol. The third kappa shape index (κ3) is 1.20. The van der Waals surface area contributed by atoms with Crippen LogP contribution in [0.15, 0.2) is 35.5 Å². The molecule has 0 heteroatoms. The molecule has 0 heterocycles. The van der Waals surface area contributed by atoms with Crippen LogP contribution in [0.1, 0.15) is 32.1 Å². The fraction of sp³-hybridized carbons (Fsp3) is 0.538. The second-order valence-electron chi connectivity index (χ2n) is 4.55. The summed E-state index contributed by atoms with van der Waals surface area (Å²) in [6.07, 6.45) is 16.3. The molecule has 3 aliphatic carbocycles. The maximum absolute atomic E-state index is 2.50. The van der Waals surface area contributed by atoms with Crippen molar-refractivity contribution in [2.75, 3.05) is 0 Å². The fourth-order valence-electron chi connectivity index (χ4n) is 3.01. The molecule has 0 aromatic carbocycles. The van der Waals surface area contributed by atoms with E-state index >= 15 is 0 Å². The molecule has 0 amide bonds. The first-order chi connectivity index (χ1) is 6.43. The summed E-state index contributed by atoms with van der Waals surface area (Å²) in [5, 5.41) is 0. The van der Waals surface area contributed by atoms with Crippen LogP contribution in [0.4, 0.5) is 0 Å². The van der Waals surface area contributed by atoms with Crippen molar-refractivity contribution in [3.05, 3.63) is 35.5 Å². The Balaban J connectivity index is 1.89. The van der Waals surface area contributed by atoms with Gasteiger partial charge in [0.05, 0.1) is 0 Å². The van der Waals surface area contributed by atoms with E-state index in [2.05, 4.69) is 24.3 Å². The molecule has 2 atom stereocenters. The lowest BCUT2D eigenvalue weighted by atomic mass is 9.72. The predicted octanol–water partition coefficient (Wildman–Crippen LogP) is 3.62. The van der Waals surface area contributed by atoms with Gasteiger partial charge in [0.2, 0.25) is 0 Å². The highest BCUT2D eigenvalue weighted by Crippen LogP contribution is 2.44. The van der Waals surface area contributed by atoms with Crippen LogP contribution in [0, 0.1) is 11.8 Å². The van der Waals surface area contributed by atoms with Crippen molar-refractivity contribution in [2.45, 2.75) is 32.1 Å². The maximum Gasteiger partial charge on any atom is -0.000813 e. The van der Waals surface area contributed by atoms with E-state index in [0.717, 1.165) is 11.8 Å². The molecule has 1 fully saturated rings. The van der Waals surface area contributed by atoms with Gasteiger partial charge in [0.15, 0.2) is 0 Å². The van der Waals surface area contributed by atoms with Crippen LogP contribution in [0.25, 0.3) is 0 Å². The molecule has 0 N–H and O–H groups in total. The molecule has 0 spiro atoms. The molecular weight excluding hydrogens is 156 g/mol. The van der Waals surface area contributed by atoms with Crippen LogP contribution in [0.5, 0.6) is 0 Å². The highest BCUT2D eigenvalue weighted by molar-refractivity contribution is 5.35. The second-order valence-corrected chi connectivity index (χ2v) is 4.55. The molecule has 0 radical (unpaired) electrons. The van der Waals surface area contributed by atoms with E-state index in [1.807, 2.05) is 0 Å². The number of rotatable bonds is 0. The minimum absolute atomic E-state index is 0.806. The molecule has 2 unspecified atom stereocenters. The third-order valence-electron chi connectivity index (χ3n) is 3.76. The van der Waals surface area contributed by atoms with Crippen LogP contribution in [-0.2, 0) is 0 Å². The molecule has 13 heavy (non-hydrogen) atoms. The van der Waals surface area contributed by atoms with Crippen LogP contribution < -0.4 is 0 Å². The van der Waals surface area contributed by atoms with Crippen molar-refractivity contribution in [3.63, 3.8) is 0 Å². The van der Waals surface area contributed by atoms with Crippen molar-refractivity contribution in [1.29, 1.82) is 0 Å². The Labute approximate surface area is 80.0 Å². The van der Waals surface area contributed by atoms with Crippen LogP contribution in [0.2, 0.25) is 0 Å². The number of fused-ring (bicyclic) bond motifs is 2. The van der Waals surface area contributed by atoms with Gasteiger partial charge in [-0.25, -0.2) is 0 Å². The van der Waals surface area contributed by atoms with Crippen molar-refractivity contribution >= 4 is 0 Å². The summed E-state index contributed by atoms with van der Waals surface area (Å²) in [7, 11) is 0. The normalized spacial score (nSPS) is 36.3. The molecule has 1 saturated carbocycles. The zero-order valence-electron chi connectivity index (χ0n) is 8.00. The van der Waals surface area contributed by atoms with Gasteiger partial charge in [-0.3, -0.25) is 0 Å². The molecule has 0 aliphatic heterocycles. The molecular formula is C13H16. The first-order valence-corrected chi connectivity index (χ1v) is 5.49. The van der Waals surface area contributed by atoms with Gasteiger partial charge in [-0.1, -0.05) is 35.5 Å². The molecule has 3 rings (SSSR count). The Bertz CT molecular complexity index is 304. The minimum atomic E-state index is 0.806. The van der Waals surface area contributed by atoms with E-state index in [-0.39, 0.29) is 0 Å². The summed E-state index contributed by atoms with van der Waals surface area (Å²) in [4.78, 5) is 0. The second kappa shape index (κ2) is 2.87. The summed E-state index contributed by atoms with van der Waals surface area (Å²) in [6.45, 7) is 0. The molecule has 0 aromatic rings. The van der Waals surface area contributed by atoms with Crippen molar-refractivity contribution < 1.29 is 0 Å². The van der Waals surface area contributed by atoms with E-state index in [0.29, 0.717) is 0 Å². The van der Waals surface area contributed by atoms with Crippen LogP contribution in [0.3, 0.4) is 0 Å². The lowest BCUT2D eigenvalue weighted by molar-refractivity contribution is 0.402. The van der Waals surface area contributed by atoms with Crippen LogP contribution in [-0.4, -0.2) is 0 Å². The molecule has 68 valence electrons. The van der Waals surface area contributed by atoms with E-state index in [4.69, 9.17) is 0 Å². The average Bonchev–Trinajstić information content (AvgIpc) is 2.61. The number of hydrogen-bond donors (Lipinski definition) is 0. The van der Waals surface area contributed by atoms with Gasteiger partial charge in [0, 0.05) is 0 Å². The lowest BCUT2D eigenvalue weighted by Gasteiger charge is -2.33. The summed E-state index contributed by atoms with van der Waals surface area (Å²) in [5.74, 6) is 1.74. The summed E-state index contributed by atoms with van der Waals surface area (Å²) < 4.78 is 0. The predicted molar refractivity (Wildman–Crippen MR) is 55.4 cm³/mol. The van der Waals surface area contributed by atoms with E-state index < -0.39 is 0 Å². The van der Waals surface area contributed by atoms with Gasteiger partial charge in [0.1, 0.15) is 0 Å². The van der Waals surface area contributed by atoms with Gasteiger partial charge >= 0.3 is 0 Å². The zero-order valence-corrected chi connectivity index (χ0v) is 8.00. The van der Waals surface area contributed by atoms with Gasteiger partial charge in [-0.2, -0.15) is 0 Å². The highest BCUT2D eigenvalue weighted by atomic mass is 14.3. The smallest absolute Gasteiger partial charge is 0.000813 e. The Kier molecular flexibility index (Phi) is 1.68. The van der Waals surface area contributed by atoms with E-state index in [9.17, 15) is 0 Å². The number of hydrogen-bond acceptors (Lipinski definition) is 0. The number of allylic oxidation sites excluding steroid dienone is 6. The molecule has 3 aliphatic rings. The third-order valence-corrected chi connectivity index (χ3v) is 3.76. The summed E-state index contributed by atoms with van der Waals surface area (Å²) in [6, 6.07) is 0. The standard InChI is InChI=1S/C13H16/c1-2-5-11-9-13-7-3-6-12(13)8-10(11)4-1/h3-4,6-7,11,13H,1-2,5,8-9H2. The minimum Gasteiger partial charge on any atom is -0.0847 e. The Hall–Kier alpha value is -0.780. The van der Waals surface area contributed by atoms with Crippen molar-refractivity contribution in [2.24, 2.45) is 11.8 Å². The van der Waals surface area contributed by atoms with Crippen molar-refractivity contribution in [3.8, 4) is 0 Å². The van der Waals surface area contributed by atoms with Crippen molar-refractivity contribution in [1.82, 2.24) is 0 Å². The van der Waals surface area contributed by atoms with Gasteiger partial charge < -0.3 is 0 Å². The Morgan fingerprint density at radius 3 is 3.23 bits per heavy atom. The largest absolute Gasteiger partial charge is 0.0847 e. The van der Waals surface area contributed by atoms with E-state index in [1.165, 1.54) is 32.1 Å². The van der Waals surface area contributed by atoms with Gasteiger partial charge in [-0.05, 0) is 43.9 Å². The van der Waals surface area contributed by atoms with E-state index in [1.54, 1.807) is 11.1 Å². The van der Waals surface area contributed by atoms with Crippen LogP contribution >= 0.6 is 0 Å². The highest BCUT2D eigenvalue weighted by Gasteiger charge is 2.29. The molecule has 0 bridgehead atoms. The summed E-state index contributed by atoms with van der Waals surface area (Å²) >= 11 is 0. The molecule has 0 nitrogen and oxygen atoms in total. The Morgan fingerprint density at radius 1 is 1.23 bits per heavy atom. The zero-order chi connectivity index (χ0) is 8.67. The molecule has 0 saturated heterocycles. The lowest BCUT2D eigenvalue weighted by Crippen LogP contribution is -2.20. The summed E-state index contributed by atoms with van der Waals surface area (Å²) in [5.41, 5.74) is 3.42. The van der Waals surface area contributed by atoms with Gasteiger partial charge in [-0.15, -0.1) is 0 Å². The van der Waals surface area contributed by atoms with Gasteiger partial charge in [0.25, 0.3) is 0 Å². The first kappa shape index (κ1) is 7.61. The quantitative estimate of drug-likeness (QED) is 0.489. The first-order valence-electron chi connectivity index (χ1n) is 5.49. The molecule has 0 aromatic heterocycles. The SMILES string of the molecule is C1=CC2CC3CCCC=C3CC2=C1.